The van der Waals surface area contributed by atoms with Gasteiger partial charge in [-0.2, -0.15) is 0 Å². The predicted molar refractivity (Wildman–Crippen MR) is 117 cm³/mol. The molecule has 0 bridgehead atoms. The van der Waals surface area contributed by atoms with Crippen LogP contribution in [0.25, 0.3) is 0 Å². The molecule has 0 aliphatic carbocycles. The number of thiophene rings is 1. The van der Waals surface area contributed by atoms with Gasteiger partial charge in [0.15, 0.2) is 0 Å². The first-order chi connectivity index (χ1) is 12.5. The summed E-state index contributed by atoms with van der Waals surface area (Å²) >= 11 is 3.12. The van der Waals surface area contributed by atoms with Gasteiger partial charge in [-0.1, -0.05) is 19.9 Å². The van der Waals surface area contributed by atoms with E-state index in [2.05, 4.69) is 10.6 Å². The number of halogens is 1. The second-order valence-electron chi connectivity index (χ2n) is 5.99. The lowest BCUT2D eigenvalue weighted by Crippen LogP contribution is -2.52. The summed E-state index contributed by atoms with van der Waals surface area (Å²) in [7, 11) is 0. The summed E-state index contributed by atoms with van der Waals surface area (Å²) in [6, 6.07) is 10.9. The van der Waals surface area contributed by atoms with Crippen LogP contribution < -0.4 is 16.4 Å². The van der Waals surface area contributed by atoms with Gasteiger partial charge in [-0.15, -0.1) is 35.5 Å². The van der Waals surface area contributed by atoms with E-state index in [1.165, 1.54) is 11.8 Å². The molecular weight excluding hydrogens is 402 g/mol. The van der Waals surface area contributed by atoms with E-state index >= 15 is 0 Å². The van der Waals surface area contributed by atoms with Crippen molar-refractivity contribution in [3.63, 3.8) is 0 Å². The molecule has 0 saturated carbocycles. The Morgan fingerprint density at radius 2 is 1.81 bits per heavy atom. The van der Waals surface area contributed by atoms with Crippen molar-refractivity contribution in [2.45, 2.75) is 36.4 Å². The summed E-state index contributed by atoms with van der Waals surface area (Å²) < 4.78 is 1.11. The van der Waals surface area contributed by atoms with Gasteiger partial charge >= 0.3 is 0 Å². The first-order valence-corrected chi connectivity index (χ1v) is 10.5. The van der Waals surface area contributed by atoms with Gasteiger partial charge in [-0.3, -0.25) is 9.59 Å². The van der Waals surface area contributed by atoms with E-state index in [1.807, 2.05) is 31.4 Å². The van der Waals surface area contributed by atoms with E-state index in [1.54, 1.807) is 35.6 Å². The Bertz CT molecular complexity index is 709. The summed E-state index contributed by atoms with van der Waals surface area (Å²) in [4.78, 5) is 24.5. The molecule has 0 atom stereocenters. The Balaban J connectivity index is 0.00000364. The highest BCUT2D eigenvalue weighted by Crippen LogP contribution is 2.23. The van der Waals surface area contributed by atoms with E-state index in [-0.39, 0.29) is 29.8 Å². The number of nitrogens with two attached hydrogens (primary N) is 1. The highest BCUT2D eigenvalue weighted by Gasteiger charge is 2.26. The Labute approximate surface area is 174 Å². The van der Waals surface area contributed by atoms with Gasteiger partial charge in [-0.05, 0) is 48.6 Å². The SMILES string of the molecule is CCC(CC)(CN)NC(=O)c1ccc(NC(=O)CSc2cccs2)cc1.Cl. The maximum absolute atomic E-state index is 12.4. The van der Waals surface area contributed by atoms with Gasteiger partial charge in [0.25, 0.3) is 5.91 Å². The number of carbonyl (C=O) groups excluding carboxylic acids is 2. The zero-order valence-corrected chi connectivity index (χ0v) is 17.9. The smallest absolute Gasteiger partial charge is 0.251 e. The second kappa shape index (κ2) is 11.3. The lowest BCUT2D eigenvalue weighted by molar-refractivity contribution is -0.113. The summed E-state index contributed by atoms with van der Waals surface area (Å²) in [6.45, 7) is 4.44. The normalized spacial score (nSPS) is 10.8. The van der Waals surface area contributed by atoms with Gasteiger partial charge in [0.1, 0.15) is 0 Å². The number of carbonyl (C=O) groups is 2. The van der Waals surface area contributed by atoms with Crippen molar-refractivity contribution in [2.75, 3.05) is 17.6 Å². The molecule has 27 heavy (non-hydrogen) atoms. The van der Waals surface area contributed by atoms with Crippen molar-refractivity contribution in [3.8, 4) is 0 Å². The number of nitrogens with one attached hydrogen (secondary N) is 2. The number of amides is 2. The van der Waals surface area contributed by atoms with Crippen molar-refractivity contribution in [1.82, 2.24) is 5.32 Å². The highest BCUT2D eigenvalue weighted by molar-refractivity contribution is 8.01. The van der Waals surface area contributed by atoms with Gasteiger partial charge in [0, 0.05) is 17.8 Å². The predicted octanol–water partition coefficient (Wildman–Crippen LogP) is 4.15. The third kappa shape index (κ3) is 6.84. The fourth-order valence-corrected chi connectivity index (χ4v) is 4.05. The Hall–Kier alpha value is -1.54. The van der Waals surface area contributed by atoms with Crippen LogP contribution in [0.2, 0.25) is 0 Å². The zero-order chi connectivity index (χ0) is 19.0. The first kappa shape index (κ1) is 23.5. The number of benzene rings is 1. The minimum atomic E-state index is -0.372. The summed E-state index contributed by atoms with van der Waals surface area (Å²) in [6.07, 6.45) is 1.56. The summed E-state index contributed by atoms with van der Waals surface area (Å²) in [5.41, 5.74) is 6.69. The Kier molecular flexibility index (Phi) is 9.87. The molecule has 5 nitrogen and oxygen atoms in total. The van der Waals surface area contributed by atoms with Crippen molar-refractivity contribution >= 4 is 53.0 Å². The van der Waals surface area contributed by atoms with Gasteiger partial charge in [0.05, 0.1) is 15.5 Å². The van der Waals surface area contributed by atoms with Crippen LogP contribution >= 0.6 is 35.5 Å². The number of rotatable bonds is 9. The maximum atomic E-state index is 12.4. The van der Waals surface area contributed by atoms with Crippen LogP contribution in [0.4, 0.5) is 5.69 Å². The lowest BCUT2D eigenvalue weighted by atomic mass is 9.92. The summed E-state index contributed by atoms with van der Waals surface area (Å²) in [5, 5.41) is 7.87. The van der Waals surface area contributed by atoms with Crippen LogP contribution in [0.1, 0.15) is 37.0 Å². The lowest BCUT2D eigenvalue weighted by Gasteiger charge is -2.31. The number of hydrogen-bond donors (Lipinski definition) is 3. The Morgan fingerprint density at radius 3 is 2.33 bits per heavy atom. The molecule has 0 spiro atoms. The monoisotopic (exact) mass is 427 g/mol. The fraction of sp³-hybridized carbons (Fsp3) is 0.368. The third-order valence-corrected chi connectivity index (χ3v) is 6.53. The molecule has 148 valence electrons. The molecule has 1 heterocycles. The molecule has 2 rings (SSSR count). The number of thioether (sulfide) groups is 1. The van der Waals surface area contributed by atoms with Crippen molar-refractivity contribution < 1.29 is 9.59 Å². The second-order valence-corrected chi connectivity index (χ2v) is 8.22. The molecule has 0 aliphatic rings. The largest absolute Gasteiger partial charge is 0.345 e. The highest BCUT2D eigenvalue weighted by atomic mass is 35.5. The van der Waals surface area contributed by atoms with E-state index in [0.29, 0.717) is 23.5 Å². The first-order valence-electron chi connectivity index (χ1n) is 8.60. The van der Waals surface area contributed by atoms with Crippen LogP contribution in [0.5, 0.6) is 0 Å². The molecule has 0 radical (unpaired) electrons. The maximum Gasteiger partial charge on any atom is 0.251 e. The minimum absolute atomic E-state index is 0. The molecule has 0 unspecified atom stereocenters. The molecule has 4 N–H and O–H groups in total. The molecule has 0 aliphatic heterocycles. The average molecular weight is 428 g/mol. The average Bonchev–Trinajstić information content (AvgIpc) is 3.19. The van der Waals surface area contributed by atoms with E-state index in [9.17, 15) is 9.59 Å². The molecule has 1 aromatic carbocycles. The van der Waals surface area contributed by atoms with E-state index in [4.69, 9.17) is 5.73 Å². The van der Waals surface area contributed by atoms with Gasteiger partial charge < -0.3 is 16.4 Å². The third-order valence-electron chi connectivity index (χ3n) is 4.39. The molecule has 0 saturated heterocycles. The van der Waals surface area contributed by atoms with E-state index < -0.39 is 0 Å². The number of hydrogen-bond acceptors (Lipinski definition) is 5. The molecule has 8 heteroatoms. The van der Waals surface area contributed by atoms with Crippen LogP contribution in [0.15, 0.2) is 46.0 Å². The molecular formula is C19H26ClN3O2S2. The fourth-order valence-electron chi connectivity index (χ4n) is 2.46. The van der Waals surface area contributed by atoms with Crippen LogP contribution in [-0.2, 0) is 4.79 Å². The van der Waals surface area contributed by atoms with Gasteiger partial charge in [-0.25, -0.2) is 0 Å². The van der Waals surface area contributed by atoms with Crippen molar-refractivity contribution in [1.29, 1.82) is 0 Å². The summed E-state index contributed by atoms with van der Waals surface area (Å²) in [5.74, 6) is 0.138. The minimum Gasteiger partial charge on any atom is -0.345 e. The standard InChI is InChI=1S/C19H25N3O2S2.ClH/c1-3-19(4-2,13-20)22-18(24)14-7-9-15(10-8-14)21-16(23)12-26-17-6-5-11-25-17;/h5-11H,3-4,12-13,20H2,1-2H3,(H,21,23)(H,22,24);1H. The van der Waals surface area contributed by atoms with Crippen molar-refractivity contribution in [2.24, 2.45) is 5.73 Å². The van der Waals surface area contributed by atoms with Gasteiger partial charge in [0.2, 0.25) is 5.91 Å². The quantitative estimate of drug-likeness (QED) is 0.525. The van der Waals surface area contributed by atoms with Crippen LogP contribution in [0.3, 0.4) is 0 Å². The van der Waals surface area contributed by atoms with Crippen molar-refractivity contribution in [3.05, 3.63) is 47.3 Å². The number of anilines is 1. The van der Waals surface area contributed by atoms with Crippen LogP contribution in [0, 0.1) is 0 Å². The molecule has 0 fully saturated rings. The molecule has 1 aromatic heterocycles. The zero-order valence-electron chi connectivity index (χ0n) is 15.5. The molecule has 2 aromatic rings. The molecule has 2 amide bonds. The van der Waals surface area contributed by atoms with Crippen LogP contribution in [-0.4, -0.2) is 29.7 Å². The van der Waals surface area contributed by atoms with E-state index in [0.717, 1.165) is 17.1 Å². The Morgan fingerprint density at radius 1 is 1.15 bits per heavy atom. The topological polar surface area (TPSA) is 84.2 Å².